The van der Waals surface area contributed by atoms with Gasteiger partial charge in [-0.05, 0) is 32.0 Å². The maximum Gasteiger partial charge on any atom is 0.168 e. The van der Waals surface area contributed by atoms with Crippen molar-refractivity contribution < 1.29 is 9.13 Å². The van der Waals surface area contributed by atoms with Crippen LogP contribution in [0.5, 0.6) is 5.75 Å². The lowest BCUT2D eigenvalue weighted by Crippen LogP contribution is -2.29. The first-order chi connectivity index (χ1) is 14.7. The molecule has 1 saturated heterocycles. The predicted molar refractivity (Wildman–Crippen MR) is 110 cm³/mol. The Morgan fingerprint density at radius 1 is 1.23 bits per heavy atom. The number of pyridine rings is 1. The van der Waals surface area contributed by atoms with E-state index in [2.05, 4.69) is 35.8 Å². The molecule has 1 fully saturated rings. The van der Waals surface area contributed by atoms with Crippen molar-refractivity contribution in [3.8, 4) is 17.0 Å². The third kappa shape index (κ3) is 3.35. The maximum atomic E-state index is 14.4. The van der Waals surface area contributed by atoms with E-state index < -0.39 is 0 Å². The van der Waals surface area contributed by atoms with Crippen LogP contribution in [0.1, 0.15) is 18.9 Å². The zero-order valence-electron chi connectivity index (χ0n) is 16.4. The fraction of sp³-hybridized carbons (Fsp3) is 0.300. The van der Waals surface area contributed by atoms with Gasteiger partial charge in [-0.1, -0.05) is 0 Å². The van der Waals surface area contributed by atoms with Crippen LogP contribution < -0.4 is 15.4 Å². The third-order valence-electron chi connectivity index (χ3n) is 5.31. The molecule has 9 nitrogen and oxygen atoms in total. The van der Waals surface area contributed by atoms with Gasteiger partial charge >= 0.3 is 0 Å². The van der Waals surface area contributed by atoms with Crippen molar-refractivity contribution in [1.82, 2.24) is 35.0 Å². The van der Waals surface area contributed by atoms with E-state index >= 15 is 0 Å². The minimum Gasteiger partial charge on any atom is -0.494 e. The van der Waals surface area contributed by atoms with Gasteiger partial charge in [0.1, 0.15) is 11.3 Å². The van der Waals surface area contributed by atoms with Crippen LogP contribution in [-0.2, 0) is 0 Å². The molecular weight excluding hydrogens is 387 g/mol. The summed E-state index contributed by atoms with van der Waals surface area (Å²) in [5.41, 5.74) is 2.44. The molecule has 0 unspecified atom stereocenters. The molecule has 30 heavy (non-hydrogen) atoms. The second-order valence-corrected chi connectivity index (χ2v) is 7.16. The highest BCUT2D eigenvalue weighted by Crippen LogP contribution is 2.30. The summed E-state index contributed by atoms with van der Waals surface area (Å²) in [5, 5.41) is 13.7. The number of rotatable bonds is 5. The van der Waals surface area contributed by atoms with Crippen LogP contribution in [-0.4, -0.2) is 49.9 Å². The maximum absolute atomic E-state index is 14.4. The number of halogens is 1. The summed E-state index contributed by atoms with van der Waals surface area (Å²) in [6, 6.07) is 3.89. The van der Waals surface area contributed by atoms with Gasteiger partial charge in [-0.25, -0.2) is 14.4 Å². The summed E-state index contributed by atoms with van der Waals surface area (Å²) >= 11 is 0. The monoisotopic (exact) mass is 408 g/mol. The molecule has 0 aliphatic carbocycles. The van der Waals surface area contributed by atoms with Crippen LogP contribution in [0.15, 0.2) is 36.9 Å². The number of anilines is 2. The molecule has 0 amide bonds. The number of hydrogen-bond donors (Lipinski definition) is 3. The van der Waals surface area contributed by atoms with Crippen molar-refractivity contribution >= 4 is 22.8 Å². The lowest BCUT2D eigenvalue weighted by Gasteiger charge is -2.24. The molecular formula is C20H21FN8O. The van der Waals surface area contributed by atoms with Gasteiger partial charge in [-0.2, -0.15) is 5.10 Å². The normalized spacial score (nSPS) is 14.9. The number of hydrogen-bond acceptors (Lipinski definition) is 7. The van der Waals surface area contributed by atoms with Crippen molar-refractivity contribution in [1.29, 1.82) is 0 Å². The Morgan fingerprint density at radius 3 is 2.93 bits per heavy atom. The highest BCUT2D eigenvalue weighted by molar-refractivity contribution is 5.75. The van der Waals surface area contributed by atoms with Gasteiger partial charge in [0, 0.05) is 30.1 Å². The molecule has 0 aromatic carbocycles. The molecule has 4 aromatic heterocycles. The molecule has 5 heterocycles. The van der Waals surface area contributed by atoms with Crippen molar-refractivity contribution in [3.05, 3.63) is 42.7 Å². The highest BCUT2D eigenvalue weighted by atomic mass is 19.1. The minimum atomic E-state index is -0.352. The smallest absolute Gasteiger partial charge is 0.168 e. The molecule has 0 atom stereocenters. The van der Waals surface area contributed by atoms with Crippen LogP contribution in [0.3, 0.4) is 0 Å². The lowest BCUT2D eigenvalue weighted by molar-refractivity contribution is 0.372. The first-order valence-corrected chi connectivity index (χ1v) is 9.77. The number of methoxy groups -OCH3 is 1. The van der Waals surface area contributed by atoms with E-state index in [1.165, 1.54) is 12.4 Å². The SMILES string of the molecule is COc1cnccc1-c1cc(Nc2cnc3c(F)cn(C4CCNCC4)c3n2)n[nH]1. The van der Waals surface area contributed by atoms with Gasteiger partial charge in [0.05, 0.1) is 25.2 Å². The van der Waals surface area contributed by atoms with Crippen LogP contribution in [0.4, 0.5) is 16.0 Å². The van der Waals surface area contributed by atoms with Crippen LogP contribution >= 0.6 is 0 Å². The number of aromatic nitrogens is 6. The van der Waals surface area contributed by atoms with Crippen LogP contribution in [0.2, 0.25) is 0 Å². The summed E-state index contributed by atoms with van der Waals surface area (Å²) in [5.74, 6) is 1.35. The van der Waals surface area contributed by atoms with Gasteiger partial charge in [0.25, 0.3) is 0 Å². The summed E-state index contributed by atoms with van der Waals surface area (Å²) < 4.78 is 21.6. The van der Waals surface area contributed by atoms with E-state index in [1.807, 2.05) is 16.7 Å². The van der Waals surface area contributed by atoms with Crippen molar-refractivity contribution in [2.45, 2.75) is 18.9 Å². The van der Waals surface area contributed by atoms with Crippen molar-refractivity contribution in [3.63, 3.8) is 0 Å². The number of H-pyrrole nitrogens is 1. The molecule has 1 aliphatic heterocycles. The number of aromatic amines is 1. The Bertz CT molecular complexity index is 1180. The molecule has 154 valence electrons. The molecule has 3 N–H and O–H groups in total. The lowest BCUT2D eigenvalue weighted by atomic mass is 10.1. The van der Waals surface area contributed by atoms with E-state index in [0.717, 1.165) is 37.2 Å². The quantitative estimate of drug-likeness (QED) is 0.466. The van der Waals surface area contributed by atoms with Crippen LogP contribution in [0, 0.1) is 5.82 Å². The molecule has 0 saturated carbocycles. The van der Waals surface area contributed by atoms with Crippen molar-refractivity contribution in [2.24, 2.45) is 0 Å². The zero-order chi connectivity index (χ0) is 20.5. The van der Waals surface area contributed by atoms with Gasteiger partial charge in [0.15, 0.2) is 23.1 Å². The second-order valence-electron chi connectivity index (χ2n) is 7.16. The number of fused-ring (bicyclic) bond motifs is 1. The number of nitrogens with zero attached hydrogens (tertiary/aromatic N) is 5. The zero-order valence-corrected chi connectivity index (χ0v) is 16.4. The van der Waals surface area contributed by atoms with E-state index in [4.69, 9.17) is 4.74 Å². The van der Waals surface area contributed by atoms with E-state index in [0.29, 0.717) is 23.0 Å². The predicted octanol–water partition coefficient (Wildman–Crippen LogP) is 3.03. The molecule has 0 bridgehead atoms. The van der Waals surface area contributed by atoms with Gasteiger partial charge in [-0.15, -0.1) is 0 Å². The standard InChI is InChI=1S/C20H21FN8O/c1-30-16-9-23-7-4-13(16)15-8-17(28-27-15)25-18-10-24-19-14(21)11-29(20(19)26-18)12-2-5-22-6-3-12/h4,7-12,22H,2-3,5-6H2,1H3,(H2,25,26,27,28). The molecule has 4 aromatic rings. The summed E-state index contributed by atoms with van der Waals surface area (Å²) in [4.78, 5) is 13.0. The summed E-state index contributed by atoms with van der Waals surface area (Å²) in [7, 11) is 1.59. The van der Waals surface area contributed by atoms with E-state index in [9.17, 15) is 4.39 Å². The largest absolute Gasteiger partial charge is 0.494 e. The molecule has 0 radical (unpaired) electrons. The fourth-order valence-electron chi connectivity index (χ4n) is 3.82. The second kappa shape index (κ2) is 7.71. The number of piperidine rings is 1. The fourth-order valence-corrected chi connectivity index (χ4v) is 3.82. The Labute approximate surface area is 171 Å². The third-order valence-corrected chi connectivity index (χ3v) is 5.31. The van der Waals surface area contributed by atoms with E-state index in [1.54, 1.807) is 19.5 Å². The molecule has 10 heteroatoms. The topological polar surface area (TPSA) is 106 Å². The average Bonchev–Trinajstić information content (AvgIpc) is 3.39. The summed E-state index contributed by atoms with van der Waals surface area (Å²) in [6.45, 7) is 1.82. The van der Waals surface area contributed by atoms with Crippen molar-refractivity contribution in [2.75, 3.05) is 25.5 Å². The van der Waals surface area contributed by atoms with Crippen LogP contribution in [0.25, 0.3) is 22.4 Å². The minimum absolute atomic E-state index is 0.207. The molecule has 0 spiro atoms. The Hall–Kier alpha value is -3.53. The molecule has 5 rings (SSSR count). The number of nitrogens with one attached hydrogen (secondary N) is 3. The highest BCUT2D eigenvalue weighted by Gasteiger charge is 2.21. The van der Waals surface area contributed by atoms with Gasteiger partial charge in [-0.3, -0.25) is 10.1 Å². The van der Waals surface area contributed by atoms with E-state index in [-0.39, 0.29) is 17.4 Å². The number of ether oxygens (including phenoxy) is 1. The van der Waals surface area contributed by atoms with Gasteiger partial charge in [0.2, 0.25) is 0 Å². The first kappa shape index (κ1) is 18.5. The Kier molecular flexibility index (Phi) is 4.75. The van der Waals surface area contributed by atoms with Gasteiger partial charge < -0.3 is 19.9 Å². The average molecular weight is 408 g/mol. The first-order valence-electron chi connectivity index (χ1n) is 9.77. The molecule has 1 aliphatic rings. The Morgan fingerprint density at radius 2 is 2.10 bits per heavy atom. The Balaban J connectivity index is 1.44. The summed E-state index contributed by atoms with van der Waals surface area (Å²) in [6.07, 6.45) is 8.21.